The Labute approximate surface area is 108 Å². The van der Waals surface area contributed by atoms with Gasteiger partial charge < -0.3 is 20.3 Å². The first-order valence-electron chi connectivity index (χ1n) is 6.20. The summed E-state index contributed by atoms with van der Waals surface area (Å²) < 4.78 is 5.90. The van der Waals surface area contributed by atoms with Gasteiger partial charge >= 0.3 is 0 Å². The van der Waals surface area contributed by atoms with E-state index in [0.29, 0.717) is 6.54 Å². The number of rotatable bonds is 4. The highest BCUT2D eigenvalue weighted by Crippen LogP contribution is 2.42. The molecular formula is C14H21NO3. The van der Waals surface area contributed by atoms with E-state index in [9.17, 15) is 5.11 Å². The second-order valence-electron chi connectivity index (χ2n) is 5.71. The molecule has 0 spiro atoms. The minimum absolute atomic E-state index is 0.00623. The average Bonchev–Trinajstić information content (AvgIpc) is 2.56. The van der Waals surface area contributed by atoms with E-state index >= 15 is 0 Å². The Hall–Kier alpha value is -1.10. The van der Waals surface area contributed by atoms with E-state index in [1.165, 1.54) is 0 Å². The molecular weight excluding hydrogens is 230 g/mol. The van der Waals surface area contributed by atoms with Crippen LogP contribution in [0.3, 0.4) is 0 Å². The predicted octanol–water partition coefficient (Wildman–Crippen LogP) is 1.23. The molecule has 1 heterocycles. The maximum absolute atomic E-state index is 9.85. The molecule has 0 aliphatic carbocycles. The number of aliphatic hydroxyl groups excluding tert-OH is 1. The van der Waals surface area contributed by atoms with Crippen LogP contribution in [-0.4, -0.2) is 34.6 Å². The molecule has 4 nitrogen and oxygen atoms in total. The highest BCUT2D eigenvalue weighted by Gasteiger charge is 2.41. The molecule has 0 fully saturated rings. The number of hydrogen-bond donors (Lipinski definition) is 3. The number of aliphatic hydroxyl groups is 2. The van der Waals surface area contributed by atoms with Crippen molar-refractivity contribution >= 4 is 0 Å². The third-order valence-corrected chi connectivity index (χ3v) is 3.33. The van der Waals surface area contributed by atoms with Crippen LogP contribution in [0.2, 0.25) is 0 Å². The van der Waals surface area contributed by atoms with Gasteiger partial charge in [-0.2, -0.15) is 0 Å². The quantitative estimate of drug-likeness (QED) is 0.753. The molecule has 1 aromatic carbocycles. The van der Waals surface area contributed by atoms with Crippen molar-refractivity contribution in [3.05, 3.63) is 29.8 Å². The topological polar surface area (TPSA) is 61.7 Å². The Bertz CT molecular complexity index is 429. The molecule has 1 aromatic rings. The molecule has 0 bridgehead atoms. The van der Waals surface area contributed by atoms with Crippen molar-refractivity contribution in [2.24, 2.45) is 0 Å². The van der Waals surface area contributed by atoms with Gasteiger partial charge in [-0.15, -0.1) is 0 Å². The van der Waals surface area contributed by atoms with Gasteiger partial charge in [-0.25, -0.2) is 0 Å². The summed E-state index contributed by atoms with van der Waals surface area (Å²) in [5, 5.41) is 22.2. The lowest BCUT2D eigenvalue weighted by atomic mass is 9.93. The molecule has 18 heavy (non-hydrogen) atoms. The summed E-state index contributed by atoms with van der Waals surface area (Å²) >= 11 is 0. The highest BCUT2D eigenvalue weighted by molar-refractivity contribution is 5.42. The van der Waals surface area contributed by atoms with E-state index in [2.05, 4.69) is 5.32 Å². The van der Waals surface area contributed by atoms with Crippen molar-refractivity contribution < 1.29 is 14.9 Å². The van der Waals surface area contributed by atoms with Crippen molar-refractivity contribution in [2.45, 2.75) is 38.0 Å². The maximum atomic E-state index is 9.85. The van der Waals surface area contributed by atoms with Crippen molar-refractivity contribution in [3.63, 3.8) is 0 Å². The standard InChI is InChI=1S/C14H21NO3/c1-13(2)12(15-8-14(3,17)9-16)10-6-4-5-7-11(10)18-13/h4-7,12,15-17H,8-9H2,1-3H3. The van der Waals surface area contributed by atoms with E-state index in [0.717, 1.165) is 11.3 Å². The monoisotopic (exact) mass is 251 g/mol. The summed E-state index contributed by atoms with van der Waals surface area (Å²) in [6.07, 6.45) is 0. The number of benzene rings is 1. The lowest BCUT2D eigenvalue weighted by Gasteiger charge is -2.30. The fourth-order valence-electron chi connectivity index (χ4n) is 2.26. The molecule has 3 N–H and O–H groups in total. The highest BCUT2D eigenvalue weighted by atomic mass is 16.5. The molecule has 1 aliphatic rings. The Morgan fingerprint density at radius 1 is 1.39 bits per heavy atom. The summed E-state index contributed by atoms with van der Waals surface area (Å²) in [5.74, 6) is 0.878. The van der Waals surface area contributed by atoms with Crippen molar-refractivity contribution in [2.75, 3.05) is 13.2 Å². The molecule has 2 unspecified atom stereocenters. The fourth-order valence-corrected chi connectivity index (χ4v) is 2.26. The van der Waals surface area contributed by atoms with Gasteiger partial charge in [0.1, 0.15) is 11.4 Å². The van der Waals surface area contributed by atoms with E-state index in [4.69, 9.17) is 9.84 Å². The summed E-state index contributed by atoms with van der Waals surface area (Å²) in [5.41, 5.74) is -0.390. The summed E-state index contributed by atoms with van der Waals surface area (Å²) in [4.78, 5) is 0. The van der Waals surface area contributed by atoms with Crippen LogP contribution in [0.15, 0.2) is 24.3 Å². The first kappa shape index (κ1) is 13.3. The minimum atomic E-state index is -1.12. The zero-order valence-electron chi connectivity index (χ0n) is 11.1. The molecule has 100 valence electrons. The maximum Gasteiger partial charge on any atom is 0.125 e. The van der Waals surface area contributed by atoms with Gasteiger partial charge in [0.25, 0.3) is 0 Å². The first-order valence-corrected chi connectivity index (χ1v) is 6.20. The lowest BCUT2D eigenvalue weighted by molar-refractivity contribution is -0.00566. The summed E-state index contributed by atoms with van der Waals surface area (Å²) in [6.45, 7) is 5.68. The van der Waals surface area contributed by atoms with Crippen LogP contribution >= 0.6 is 0 Å². The number of hydrogen-bond acceptors (Lipinski definition) is 4. The van der Waals surface area contributed by atoms with Gasteiger partial charge in [0.05, 0.1) is 18.2 Å². The van der Waals surface area contributed by atoms with Gasteiger partial charge in [0, 0.05) is 12.1 Å². The molecule has 0 amide bonds. The predicted molar refractivity (Wildman–Crippen MR) is 69.6 cm³/mol. The lowest BCUT2D eigenvalue weighted by Crippen LogP contribution is -2.47. The molecule has 0 saturated heterocycles. The molecule has 2 rings (SSSR count). The Morgan fingerprint density at radius 3 is 2.72 bits per heavy atom. The third-order valence-electron chi connectivity index (χ3n) is 3.33. The zero-order chi connectivity index (χ0) is 13.4. The van der Waals surface area contributed by atoms with Gasteiger partial charge in [-0.1, -0.05) is 18.2 Å². The largest absolute Gasteiger partial charge is 0.486 e. The molecule has 0 aromatic heterocycles. The van der Waals surface area contributed by atoms with Crippen molar-refractivity contribution in [1.82, 2.24) is 5.32 Å². The molecule has 4 heteroatoms. The number of ether oxygens (including phenoxy) is 1. The second kappa shape index (κ2) is 4.53. The molecule has 0 saturated carbocycles. The Balaban J connectivity index is 2.16. The SMILES string of the molecule is CC(O)(CO)CNC1c2ccccc2OC1(C)C. The minimum Gasteiger partial charge on any atom is -0.486 e. The van der Waals surface area contributed by atoms with Gasteiger partial charge in [-0.05, 0) is 26.8 Å². The van der Waals surface area contributed by atoms with E-state index in [1.54, 1.807) is 6.92 Å². The summed E-state index contributed by atoms with van der Waals surface area (Å²) in [6, 6.07) is 7.90. The van der Waals surface area contributed by atoms with Gasteiger partial charge in [0.2, 0.25) is 0 Å². The van der Waals surface area contributed by atoms with Crippen LogP contribution in [0, 0.1) is 0 Å². The van der Waals surface area contributed by atoms with Crippen LogP contribution in [0.5, 0.6) is 5.75 Å². The Morgan fingerprint density at radius 2 is 2.06 bits per heavy atom. The zero-order valence-corrected chi connectivity index (χ0v) is 11.1. The summed E-state index contributed by atoms with van der Waals surface area (Å²) in [7, 11) is 0. The average molecular weight is 251 g/mol. The van der Waals surface area contributed by atoms with Gasteiger partial charge in [0.15, 0.2) is 0 Å². The Kier molecular flexibility index (Phi) is 3.36. The molecule has 0 radical (unpaired) electrons. The van der Waals surface area contributed by atoms with E-state index < -0.39 is 5.60 Å². The van der Waals surface area contributed by atoms with Crippen LogP contribution < -0.4 is 10.1 Å². The van der Waals surface area contributed by atoms with E-state index in [-0.39, 0.29) is 18.2 Å². The molecule has 2 atom stereocenters. The van der Waals surface area contributed by atoms with Crippen molar-refractivity contribution in [1.29, 1.82) is 0 Å². The van der Waals surface area contributed by atoms with Crippen molar-refractivity contribution in [3.8, 4) is 5.75 Å². The fraction of sp³-hybridized carbons (Fsp3) is 0.571. The van der Waals surface area contributed by atoms with Crippen LogP contribution in [0.25, 0.3) is 0 Å². The number of para-hydroxylation sites is 1. The normalized spacial score (nSPS) is 24.2. The molecule has 1 aliphatic heterocycles. The number of nitrogens with one attached hydrogen (secondary N) is 1. The second-order valence-corrected chi connectivity index (χ2v) is 5.71. The third kappa shape index (κ3) is 2.51. The smallest absolute Gasteiger partial charge is 0.125 e. The van der Waals surface area contributed by atoms with E-state index in [1.807, 2.05) is 38.1 Å². The van der Waals surface area contributed by atoms with Crippen LogP contribution in [0.4, 0.5) is 0 Å². The number of fused-ring (bicyclic) bond motifs is 1. The van der Waals surface area contributed by atoms with Gasteiger partial charge in [-0.3, -0.25) is 0 Å². The van der Waals surface area contributed by atoms with Crippen LogP contribution in [0.1, 0.15) is 32.4 Å². The van der Waals surface area contributed by atoms with Crippen LogP contribution in [-0.2, 0) is 0 Å². The first-order chi connectivity index (χ1) is 8.36.